The van der Waals surface area contributed by atoms with Crippen LogP contribution < -0.4 is 5.73 Å². The van der Waals surface area contributed by atoms with Crippen LogP contribution in [-0.2, 0) is 11.3 Å². The lowest BCUT2D eigenvalue weighted by atomic mass is 9.57. The highest BCUT2D eigenvalue weighted by atomic mass is 16.1. The third-order valence-electron chi connectivity index (χ3n) is 7.63. The standard InChI is InChI=1S/C25H31N5O/c26-23(31)25(13-7-10-21-22(25)28-19-27-21)24(11-5-2-6-12-24)30-16-14-29(15-17-30)18-20-8-3-1-4-9-20/h1,3-4,7-10,13,19H,2,5-6,11-12,14-18H2,(H2,26,31). The van der Waals surface area contributed by atoms with Crippen molar-refractivity contribution in [1.82, 2.24) is 9.80 Å². The van der Waals surface area contributed by atoms with Gasteiger partial charge in [-0.05, 0) is 24.5 Å². The molecule has 162 valence electrons. The summed E-state index contributed by atoms with van der Waals surface area (Å²) in [5, 5.41) is 0. The van der Waals surface area contributed by atoms with Crippen molar-refractivity contribution < 1.29 is 4.79 Å². The van der Waals surface area contributed by atoms with Gasteiger partial charge < -0.3 is 5.73 Å². The zero-order valence-corrected chi connectivity index (χ0v) is 18.0. The van der Waals surface area contributed by atoms with E-state index in [4.69, 9.17) is 5.73 Å². The van der Waals surface area contributed by atoms with E-state index in [0.29, 0.717) is 0 Å². The van der Waals surface area contributed by atoms with E-state index in [1.807, 2.05) is 18.2 Å². The van der Waals surface area contributed by atoms with E-state index in [-0.39, 0.29) is 11.4 Å². The van der Waals surface area contributed by atoms with Crippen LogP contribution >= 0.6 is 0 Å². The molecule has 0 radical (unpaired) electrons. The van der Waals surface area contributed by atoms with E-state index in [9.17, 15) is 4.79 Å². The van der Waals surface area contributed by atoms with Gasteiger partial charge in [0.2, 0.25) is 5.91 Å². The van der Waals surface area contributed by atoms with Gasteiger partial charge in [0.1, 0.15) is 11.8 Å². The fourth-order valence-corrected chi connectivity index (χ4v) is 6.14. The summed E-state index contributed by atoms with van der Waals surface area (Å²) in [5.74, 6) is -0.299. The minimum Gasteiger partial charge on any atom is -0.369 e. The lowest BCUT2D eigenvalue weighted by Gasteiger charge is -2.57. The number of amides is 1. The number of hydrogen-bond acceptors (Lipinski definition) is 5. The van der Waals surface area contributed by atoms with Gasteiger partial charge in [-0.2, -0.15) is 0 Å². The van der Waals surface area contributed by atoms with Crippen molar-refractivity contribution in [1.29, 1.82) is 0 Å². The maximum Gasteiger partial charge on any atom is 0.235 e. The lowest BCUT2D eigenvalue weighted by Crippen LogP contribution is -2.70. The van der Waals surface area contributed by atoms with Gasteiger partial charge in [-0.25, -0.2) is 9.98 Å². The fraction of sp³-hybridized carbons (Fsp3) is 0.480. The van der Waals surface area contributed by atoms with Crippen LogP contribution in [0.4, 0.5) is 0 Å². The average molecular weight is 418 g/mol. The molecule has 2 aliphatic heterocycles. The molecule has 1 saturated carbocycles. The van der Waals surface area contributed by atoms with Crippen molar-refractivity contribution in [3.05, 3.63) is 59.8 Å². The van der Waals surface area contributed by atoms with Crippen molar-refractivity contribution in [2.45, 2.75) is 44.2 Å². The Bertz CT molecular complexity index is 949. The SMILES string of the molecule is NC(=O)C1(C2(N3CCN(Cc4ccccc4)CC3)CCCCC2)C=CC=C2N=CN=C21. The number of piperazine rings is 1. The van der Waals surface area contributed by atoms with Crippen LogP contribution in [0.5, 0.6) is 0 Å². The van der Waals surface area contributed by atoms with Crippen LogP contribution in [0.2, 0.25) is 0 Å². The number of hydrogen-bond donors (Lipinski definition) is 1. The Morgan fingerprint density at radius 2 is 1.77 bits per heavy atom. The summed E-state index contributed by atoms with van der Waals surface area (Å²) in [7, 11) is 0. The molecule has 4 aliphatic rings. The minimum absolute atomic E-state index is 0.299. The third kappa shape index (κ3) is 3.29. The van der Waals surface area contributed by atoms with E-state index in [1.165, 1.54) is 12.0 Å². The molecule has 0 bridgehead atoms. The van der Waals surface area contributed by atoms with Gasteiger partial charge in [-0.3, -0.25) is 14.6 Å². The molecule has 0 spiro atoms. The summed E-state index contributed by atoms with van der Waals surface area (Å²) < 4.78 is 0. The molecule has 2 fully saturated rings. The maximum atomic E-state index is 13.2. The largest absolute Gasteiger partial charge is 0.369 e. The molecular weight excluding hydrogens is 386 g/mol. The molecule has 1 amide bonds. The minimum atomic E-state index is -0.921. The first-order chi connectivity index (χ1) is 15.2. The summed E-state index contributed by atoms with van der Waals surface area (Å²) in [6.45, 7) is 4.81. The van der Waals surface area contributed by atoms with E-state index >= 15 is 0 Å². The zero-order chi connectivity index (χ0) is 21.3. The summed E-state index contributed by atoms with van der Waals surface area (Å²) in [6, 6.07) is 10.6. The van der Waals surface area contributed by atoms with Gasteiger partial charge in [-0.15, -0.1) is 0 Å². The van der Waals surface area contributed by atoms with Crippen LogP contribution in [0.15, 0.2) is 64.2 Å². The molecule has 1 unspecified atom stereocenters. The van der Waals surface area contributed by atoms with Crippen LogP contribution in [0, 0.1) is 5.41 Å². The Hall–Kier alpha value is -2.57. The average Bonchev–Trinajstić information content (AvgIpc) is 3.30. The number of carbonyl (C=O) groups is 1. The molecule has 1 aromatic rings. The molecule has 1 aromatic carbocycles. The molecule has 5 rings (SSSR count). The molecule has 2 aliphatic carbocycles. The third-order valence-corrected chi connectivity index (χ3v) is 7.63. The van der Waals surface area contributed by atoms with Gasteiger partial charge in [0.25, 0.3) is 0 Å². The van der Waals surface area contributed by atoms with Crippen molar-refractivity contribution in [2.75, 3.05) is 26.2 Å². The zero-order valence-electron chi connectivity index (χ0n) is 18.0. The van der Waals surface area contributed by atoms with Crippen molar-refractivity contribution >= 4 is 18.0 Å². The molecule has 1 atom stereocenters. The normalized spacial score (nSPS) is 28.1. The number of primary amides is 1. The van der Waals surface area contributed by atoms with Gasteiger partial charge in [0.05, 0.1) is 11.4 Å². The molecule has 31 heavy (non-hydrogen) atoms. The number of allylic oxidation sites excluding steroid dienone is 3. The topological polar surface area (TPSA) is 74.3 Å². The second-order valence-electron chi connectivity index (χ2n) is 9.15. The van der Waals surface area contributed by atoms with Crippen LogP contribution in [0.3, 0.4) is 0 Å². The van der Waals surface area contributed by atoms with Gasteiger partial charge in [0.15, 0.2) is 0 Å². The van der Waals surface area contributed by atoms with Crippen LogP contribution in [0.1, 0.15) is 37.7 Å². The predicted octanol–water partition coefficient (Wildman–Crippen LogP) is 2.92. The molecule has 2 N–H and O–H groups in total. The monoisotopic (exact) mass is 417 g/mol. The summed E-state index contributed by atoms with van der Waals surface area (Å²) in [6.07, 6.45) is 12.9. The molecule has 0 aromatic heterocycles. The number of rotatable bonds is 5. The van der Waals surface area contributed by atoms with Crippen molar-refractivity contribution in [3.63, 3.8) is 0 Å². The maximum absolute atomic E-state index is 13.2. The van der Waals surface area contributed by atoms with Gasteiger partial charge >= 0.3 is 0 Å². The van der Waals surface area contributed by atoms with E-state index in [1.54, 1.807) is 6.34 Å². The smallest absolute Gasteiger partial charge is 0.235 e. The van der Waals surface area contributed by atoms with Gasteiger partial charge in [-0.1, -0.05) is 61.7 Å². The van der Waals surface area contributed by atoms with Gasteiger partial charge in [0, 0.05) is 38.3 Å². The predicted molar refractivity (Wildman–Crippen MR) is 124 cm³/mol. The highest BCUT2D eigenvalue weighted by molar-refractivity contribution is 6.23. The van der Waals surface area contributed by atoms with E-state index < -0.39 is 5.41 Å². The van der Waals surface area contributed by atoms with Crippen LogP contribution in [-0.4, -0.2) is 59.5 Å². The summed E-state index contributed by atoms with van der Waals surface area (Å²) >= 11 is 0. The molecular formula is C25H31N5O. The first-order valence-corrected chi connectivity index (χ1v) is 11.5. The number of nitrogens with zero attached hydrogens (tertiary/aromatic N) is 4. The van der Waals surface area contributed by atoms with Crippen molar-refractivity contribution in [3.8, 4) is 0 Å². The Labute approximate surface area is 184 Å². The Morgan fingerprint density at radius 1 is 1.03 bits per heavy atom. The Balaban J connectivity index is 1.44. The van der Waals surface area contributed by atoms with E-state index in [0.717, 1.165) is 69.8 Å². The number of fused-ring (bicyclic) bond motifs is 1. The summed E-state index contributed by atoms with van der Waals surface area (Å²) in [5.41, 5.74) is 7.84. The quantitative estimate of drug-likeness (QED) is 0.801. The molecule has 2 heterocycles. The van der Waals surface area contributed by atoms with E-state index in [2.05, 4.69) is 50.1 Å². The second-order valence-corrected chi connectivity index (χ2v) is 9.15. The molecule has 6 nitrogen and oxygen atoms in total. The number of benzene rings is 1. The highest BCUT2D eigenvalue weighted by Gasteiger charge is 2.61. The highest BCUT2D eigenvalue weighted by Crippen LogP contribution is 2.51. The number of carbonyl (C=O) groups excluding carboxylic acids is 1. The Morgan fingerprint density at radius 3 is 2.48 bits per heavy atom. The van der Waals surface area contributed by atoms with Crippen molar-refractivity contribution in [2.24, 2.45) is 21.1 Å². The second kappa shape index (κ2) is 8.17. The lowest BCUT2D eigenvalue weighted by molar-refractivity contribution is -0.132. The van der Waals surface area contributed by atoms with Crippen LogP contribution in [0.25, 0.3) is 0 Å². The molecule has 6 heteroatoms. The first-order valence-electron chi connectivity index (χ1n) is 11.5. The number of aliphatic imine (C=N–C) groups is 2. The number of nitrogens with two attached hydrogens (primary N) is 1. The summed E-state index contributed by atoms with van der Waals surface area (Å²) in [4.78, 5) is 27.3. The fourth-order valence-electron chi connectivity index (χ4n) is 6.14. The first kappa shape index (κ1) is 20.3. The molecule has 1 saturated heterocycles. The Kier molecular flexibility index (Phi) is 5.36.